The van der Waals surface area contributed by atoms with Crippen LogP contribution in [0.5, 0.6) is 5.75 Å². The summed E-state index contributed by atoms with van der Waals surface area (Å²) in [6, 6.07) is 6.18. The van der Waals surface area contributed by atoms with Gasteiger partial charge in [-0.05, 0) is 64.7 Å². The van der Waals surface area contributed by atoms with Crippen LogP contribution in [0.25, 0.3) is 0 Å². The molecule has 0 heterocycles. The molecular weight excluding hydrogens is 298 g/mol. The second kappa shape index (κ2) is 7.62. The van der Waals surface area contributed by atoms with E-state index in [1.165, 1.54) is 17.3 Å². The molecule has 2 nitrogen and oxygen atoms in total. The van der Waals surface area contributed by atoms with Crippen LogP contribution in [-0.4, -0.2) is 12.4 Å². The SMILES string of the molecule is CCOc1ccc(CC(C)CSC#N)cc1Br. The third kappa shape index (κ3) is 5.01. The zero-order chi connectivity index (χ0) is 12.7. The lowest BCUT2D eigenvalue weighted by atomic mass is 10.0. The maximum Gasteiger partial charge on any atom is 0.133 e. The standard InChI is InChI=1S/C13H16BrNOS/c1-3-16-13-5-4-11(7-12(13)14)6-10(2)8-17-9-15/h4-5,7,10H,3,6,8H2,1-2H3. The van der Waals surface area contributed by atoms with Crippen molar-refractivity contribution in [2.24, 2.45) is 5.92 Å². The van der Waals surface area contributed by atoms with Crippen LogP contribution < -0.4 is 4.74 Å². The molecule has 0 amide bonds. The molecule has 0 aromatic heterocycles. The van der Waals surface area contributed by atoms with Crippen molar-refractivity contribution in [3.63, 3.8) is 0 Å². The van der Waals surface area contributed by atoms with Gasteiger partial charge in [0.2, 0.25) is 0 Å². The summed E-state index contributed by atoms with van der Waals surface area (Å²) >= 11 is 4.83. The summed E-state index contributed by atoms with van der Waals surface area (Å²) in [4.78, 5) is 0. The highest BCUT2D eigenvalue weighted by Gasteiger charge is 2.07. The summed E-state index contributed by atoms with van der Waals surface area (Å²) in [5.41, 5.74) is 1.27. The van der Waals surface area contributed by atoms with Gasteiger partial charge < -0.3 is 4.74 Å². The Labute approximate surface area is 115 Å². The normalized spacial score (nSPS) is 11.9. The number of benzene rings is 1. The van der Waals surface area contributed by atoms with Crippen LogP contribution in [0.15, 0.2) is 22.7 Å². The number of nitriles is 1. The first-order valence-corrected chi connectivity index (χ1v) is 7.37. The van der Waals surface area contributed by atoms with Crippen LogP contribution in [-0.2, 0) is 6.42 Å². The van der Waals surface area contributed by atoms with Gasteiger partial charge in [-0.2, -0.15) is 5.26 Å². The fourth-order valence-corrected chi connectivity index (χ4v) is 2.60. The van der Waals surface area contributed by atoms with Gasteiger partial charge in [-0.25, -0.2) is 0 Å². The second-order valence-electron chi connectivity index (χ2n) is 3.91. The number of hydrogen-bond acceptors (Lipinski definition) is 3. The molecule has 92 valence electrons. The third-order valence-electron chi connectivity index (χ3n) is 2.31. The fraction of sp³-hybridized carbons (Fsp3) is 0.462. The summed E-state index contributed by atoms with van der Waals surface area (Å²) in [5, 5.41) is 10.6. The van der Waals surface area contributed by atoms with Crippen LogP contribution in [0.3, 0.4) is 0 Å². The molecule has 17 heavy (non-hydrogen) atoms. The molecule has 0 aliphatic heterocycles. The van der Waals surface area contributed by atoms with E-state index in [1.54, 1.807) is 0 Å². The molecule has 1 atom stereocenters. The number of rotatable bonds is 6. The molecular formula is C13H16BrNOS. The molecule has 0 saturated heterocycles. The third-order valence-corrected chi connectivity index (χ3v) is 3.80. The molecule has 0 radical (unpaired) electrons. The Morgan fingerprint density at radius 1 is 1.53 bits per heavy atom. The first-order chi connectivity index (χ1) is 8.17. The lowest BCUT2D eigenvalue weighted by Crippen LogP contribution is -2.02. The van der Waals surface area contributed by atoms with Gasteiger partial charge in [-0.1, -0.05) is 13.0 Å². The lowest BCUT2D eigenvalue weighted by molar-refractivity contribution is 0.338. The van der Waals surface area contributed by atoms with Crippen molar-refractivity contribution in [1.29, 1.82) is 5.26 Å². The maximum absolute atomic E-state index is 8.51. The zero-order valence-electron chi connectivity index (χ0n) is 10.1. The van der Waals surface area contributed by atoms with E-state index in [4.69, 9.17) is 10.00 Å². The first-order valence-electron chi connectivity index (χ1n) is 5.59. The highest BCUT2D eigenvalue weighted by molar-refractivity contribution is 9.10. The Bertz CT molecular complexity index is 403. The molecule has 1 aromatic carbocycles. The van der Waals surface area contributed by atoms with Crippen molar-refractivity contribution >= 4 is 27.7 Å². The zero-order valence-corrected chi connectivity index (χ0v) is 12.5. The smallest absolute Gasteiger partial charge is 0.133 e. The van der Waals surface area contributed by atoms with Crippen LogP contribution in [0.4, 0.5) is 0 Å². The minimum atomic E-state index is 0.504. The van der Waals surface area contributed by atoms with E-state index in [9.17, 15) is 0 Å². The maximum atomic E-state index is 8.51. The summed E-state index contributed by atoms with van der Waals surface area (Å²) in [7, 11) is 0. The molecule has 0 aliphatic rings. The van der Waals surface area contributed by atoms with Gasteiger partial charge in [0, 0.05) is 5.75 Å². The molecule has 1 unspecified atom stereocenters. The summed E-state index contributed by atoms with van der Waals surface area (Å²) < 4.78 is 6.46. The minimum absolute atomic E-state index is 0.504. The Morgan fingerprint density at radius 2 is 2.29 bits per heavy atom. The molecule has 0 fully saturated rings. The Balaban J connectivity index is 2.61. The molecule has 1 rings (SSSR count). The predicted octanol–water partition coefficient (Wildman–Crippen LogP) is 4.24. The minimum Gasteiger partial charge on any atom is -0.493 e. The topological polar surface area (TPSA) is 33.0 Å². The molecule has 0 saturated carbocycles. The average Bonchev–Trinajstić information content (AvgIpc) is 2.30. The number of hydrogen-bond donors (Lipinski definition) is 0. The van der Waals surface area contributed by atoms with E-state index < -0.39 is 0 Å². The quantitative estimate of drug-likeness (QED) is 0.736. The molecule has 0 bridgehead atoms. The van der Waals surface area contributed by atoms with Gasteiger partial charge in [0.05, 0.1) is 11.1 Å². The molecule has 0 aliphatic carbocycles. The fourth-order valence-electron chi connectivity index (χ4n) is 1.58. The molecule has 1 aromatic rings. The van der Waals surface area contributed by atoms with Crippen molar-refractivity contribution in [1.82, 2.24) is 0 Å². The van der Waals surface area contributed by atoms with Crippen molar-refractivity contribution in [2.75, 3.05) is 12.4 Å². The van der Waals surface area contributed by atoms with Crippen LogP contribution in [0, 0.1) is 16.6 Å². The van der Waals surface area contributed by atoms with Gasteiger partial charge in [0.15, 0.2) is 0 Å². The monoisotopic (exact) mass is 313 g/mol. The number of thioether (sulfide) groups is 1. The van der Waals surface area contributed by atoms with E-state index in [1.807, 2.05) is 13.0 Å². The highest BCUT2D eigenvalue weighted by Crippen LogP contribution is 2.27. The van der Waals surface area contributed by atoms with Gasteiger partial charge in [0.25, 0.3) is 0 Å². The number of ether oxygens (including phenoxy) is 1. The van der Waals surface area contributed by atoms with Crippen molar-refractivity contribution in [3.05, 3.63) is 28.2 Å². The van der Waals surface area contributed by atoms with Crippen LogP contribution in [0.2, 0.25) is 0 Å². The Hall–Kier alpha value is -0.660. The molecule has 0 spiro atoms. The summed E-state index contributed by atoms with van der Waals surface area (Å²) in [5.74, 6) is 2.27. The number of nitrogens with zero attached hydrogens (tertiary/aromatic N) is 1. The van der Waals surface area contributed by atoms with Crippen LogP contribution in [0.1, 0.15) is 19.4 Å². The van der Waals surface area contributed by atoms with Crippen molar-refractivity contribution in [2.45, 2.75) is 20.3 Å². The van der Waals surface area contributed by atoms with E-state index in [-0.39, 0.29) is 0 Å². The van der Waals surface area contributed by atoms with Gasteiger partial charge in [-0.15, -0.1) is 0 Å². The van der Waals surface area contributed by atoms with Gasteiger partial charge in [-0.3, -0.25) is 0 Å². The van der Waals surface area contributed by atoms with Crippen LogP contribution >= 0.6 is 27.7 Å². The average molecular weight is 314 g/mol. The van der Waals surface area contributed by atoms with E-state index in [2.05, 4.69) is 40.4 Å². The molecule has 0 N–H and O–H groups in total. The summed E-state index contributed by atoms with van der Waals surface area (Å²) in [6.45, 7) is 4.81. The highest BCUT2D eigenvalue weighted by atomic mass is 79.9. The van der Waals surface area contributed by atoms with Gasteiger partial charge in [0.1, 0.15) is 11.2 Å². The van der Waals surface area contributed by atoms with E-state index >= 15 is 0 Å². The lowest BCUT2D eigenvalue weighted by Gasteiger charge is -2.11. The first kappa shape index (κ1) is 14.4. The summed E-state index contributed by atoms with van der Waals surface area (Å²) in [6.07, 6.45) is 0.986. The number of halogens is 1. The van der Waals surface area contributed by atoms with E-state index in [0.717, 1.165) is 22.4 Å². The Kier molecular flexibility index (Phi) is 6.46. The molecule has 4 heteroatoms. The van der Waals surface area contributed by atoms with Gasteiger partial charge >= 0.3 is 0 Å². The predicted molar refractivity (Wildman–Crippen MR) is 76.3 cm³/mol. The second-order valence-corrected chi connectivity index (χ2v) is 5.57. The largest absolute Gasteiger partial charge is 0.493 e. The number of thiocyanates is 1. The van der Waals surface area contributed by atoms with E-state index in [0.29, 0.717) is 12.5 Å². The van der Waals surface area contributed by atoms with Crippen molar-refractivity contribution < 1.29 is 4.74 Å². The van der Waals surface area contributed by atoms with Crippen molar-refractivity contribution in [3.8, 4) is 11.2 Å². The Morgan fingerprint density at radius 3 is 2.88 bits per heavy atom.